The first-order chi connectivity index (χ1) is 9.71. The Morgan fingerprint density at radius 2 is 2.10 bits per heavy atom. The largest absolute Gasteiger partial charge is 0.377 e. The van der Waals surface area contributed by atoms with Gasteiger partial charge in [0.15, 0.2) is 0 Å². The van der Waals surface area contributed by atoms with Crippen LogP contribution in [0.15, 0.2) is 0 Å². The van der Waals surface area contributed by atoms with Crippen LogP contribution in [0.25, 0.3) is 0 Å². The molecule has 3 rings (SSSR count). The van der Waals surface area contributed by atoms with E-state index in [9.17, 15) is 14.4 Å². The van der Waals surface area contributed by atoms with Crippen molar-refractivity contribution in [2.75, 3.05) is 13.2 Å². The van der Waals surface area contributed by atoms with Gasteiger partial charge in [-0.05, 0) is 13.3 Å². The molecule has 3 fully saturated rings. The zero-order chi connectivity index (χ0) is 15.6. The van der Waals surface area contributed by atoms with Gasteiger partial charge in [-0.2, -0.15) is 0 Å². The third-order valence-electron chi connectivity index (χ3n) is 5.49. The van der Waals surface area contributed by atoms with Crippen LogP contribution in [0, 0.1) is 11.3 Å². The molecule has 1 saturated carbocycles. The van der Waals surface area contributed by atoms with Crippen LogP contribution in [0.4, 0.5) is 0 Å². The molecule has 0 radical (unpaired) electrons. The highest BCUT2D eigenvalue weighted by Crippen LogP contribution is 2.58. The number of imide groups is 1. The molecule has 4 atom stereocenters. The summed E-state index contributed by atoms with van der Waals surface area (Å²) in [5, 5.41) is 2.23. The molecule has 0 bridgehead atoms. The summed E-state index contributed by atoms with van der Waals surface area (Å²) < 4.78 is 5.67. The van der Waals surface area contributed by atoms with E-state index in [2.05, 4.69) is 5.32 Å². The predicted molar refractivity (Wildman–Crippen MR) is 72.9 cm³/mol. The van der Waals surface area contributed by atoms with Gasteiger partial charge >= 0.3 is 0 Å². The number of piperazine rings is 1. The molecule has 7 nitrogen and oxygen atoms in total. The van der Waals surface area contributed by atoms with E-state index in [1.807, 2.05) is 13.8 Å². The van der Waals surface area contributed by atoms with E-state index >= 15 is 0 Å². The van der Waals surface area contributed by atoms with E-state index in [1.54, 1.807) is 6.92 Å². The van der Waals surface area contributed by atoms with Gasteiger partial charge in [-0.1, -0.05) is 13.8 Å². The van der Waals surface area contributed by atoms with E-state index in [0.29, 0.717) is 6.61 Å². The maximum absolute atomic E-state index is 13.0. The van der Waals surface area contributed by atoms with Gasteiger partial charge in [-0.25, -0.2) is 0 Å². The topological polar surface area (TPSA) is 102 Å². The van der Waals surface area contributed by atoms with Gasteiger partial charge in [0.05, 0.1) is 6.10 Å². The third kappa shape index (κ3) is 1.64. The van der Waals surface area contributed by atoms with Crippen LogP contribution in [0.2, 0.25) is 0 Å². The Morgan fingerprint density at radius 3 is 2.76 bits per heavy atom. The van der Waals surface area contributed by atoms with Crippen molar-refractivity contribution >= 4 is 17.7 Å². The van der Waals surface area contributed by atoms with Crippen molar-refractivity contribution in [1.29, 1.82) is 0 Å². The zero-order valence-electron chi connectivity index (χ0n) is 12.5. The smallest absolute Gasteiger partial charge is 0.249 e. The quantitative estimate of drug-likeness (QED) is 0.604. The van der Waals surface area contributed by atoms with Gasteiger partial charge in [-0.15, -0.1) is 0 Å². The summed E-state index contributed by atoms with van der Waals surface area (Å²) in [5.41, 5.74) is 4.88. The van der Waals surface area contributed by atoms with Gasteiger partial charge < -0.3 is 15.4 Å². The van der Waals surface area contributed by atoms with E-state index in [1.165, 1.54) is 4.90 Å². The van der Waals surface area contributed by atoms with Crippen molar-refractivity contribution in [3.8, 4) is 0 Å². The zero-order valence-corrected chi connectivity index (χ0v) is 12.5. The lowest BCUT2D eigenvalue weighted by molar-refractivity contribution is -0.188. The summed E-state index contributed by atoms with van der Waals surface area (Å²) in [6.45, 7) is 5.90. The molecule has 3 aliphatic rings. The number of hydrogen-bond acceptors (Lipinski definition) is 5. The number of hydrogen-bond donors (Lipinski definition) is 2. The molecular weight excluding hydrogens is 274 g/mol. The molecule has 3 amide bonds. The molecule has 3 N–H and O–H groups in total. The van der Waals surface area contributed by atoms with E-state index in [4.69, 9.17) is 10.5 Å². The molecule has 0 aromatic heterocycles. The summed E-state index contributed by atoms with van der Waals surface area (Å²) in [4.78, 5) is 37.6. The van der Waals surface area contributed by atoms with Crippen molar-refractivity contribution in [2.45, 2.75) is 44.9 Å². The second-order valence-corrected chi connectivity index (χ2v) is 6.80. The monoisotopic (exact) mass is 295 g/mol. The number of fused-ring (bicyclic) bond motifs is 1. The minimum absolute atomic E-state index is 0.0314. The Hall–Kier alpha value is -1.47. The Labute approximate surface area is 123 Å². The maximum atomic E-state index is 13.0. The van der Waals surface area contributed by atoms with E-state index in [0.717, 1.165) is 6.42 Å². The van der Waals surface area contributed by atoms with Crippen LogP contribution in [-0.4, -0.2) is 53.5 Å². The van der Waals surface area contributed by atoms with Crippen molar-refractivity contribution < 1.29 is 19.1 Å². The first-order valence-corrected chi connectivity index (χ1v) is 7.26. The highest BCUT2D eigenvalue weighted by atomic mass is 16.5. The third-order valence-corrected chi connectivity index (χ3v) is 5.49. The molecule has 7 heteroatoms. The lowest BCUT2D eigenvalue weighted by Gasteiger charge is -2.62. The van der Waals surface area contributed by atoms with Crippen LogP contribution >= 0.6 is 0 Å². The summed E-state index contributed by atoms with van der Waals surface area (Å²) in [7, 11) is 0. The summed E-state index contributed by atoms with van der Waals surface area (Å²) >= 11 is 0. The van der Waals surface area contributed by atoms with E-state index in [-0.39, 0.29) is 24.5 Å². The first kappa shape index (κ1) is 14.5. The molecule has 2 aliphatic heterocycles. The molecule has 2 heterocycles. The Morgan fingerprint density at radius 1 is 1.43 bits per heavy atom. The molecule has 4 unspecified atom stereocenters. The number of nitrogens with one attached hydrogen (secondary N) is 1. The number of carbonyl (C=O) groups is 3. The Kier molecular flexibility index (Phi) is 2.94. The molecule has 1 aliphatic carbocycles. The second kappa shape index (κ2) is 4.27. The second-order valence-electron chi connectivity index (χ2n) is 6.80. The molecule has 116 valence electrons. The predicted octanol–water partition coefficient (Wildman–Crippen LogP) is -0.998. The standard InChI is InChI=1S/C14H21N3O4/c1-7-11(19)16-9(18)6-17(7)12(20)14(15)8-4-5-21-10(8)13(14,2)3/h7-8,10H,4-6,15H2,1-3H3,(H,16,18,19). The average molecular weight is 295 g/mol. The minimum Gasteiger partial charge on any atom is -0.377 e. The fourth-order valence-electron chi connectivity index (χ4n) is 4.02. The Balaban J connectivity index is 1.91. The number of amides is 3. The maximum Gasteiger partial charge on any atom is 0.249 e. The molecule has 2 saturated heterocycles. The highest BCUT2D eigenvalue weighted by Gasteiger charge is 2.72. The van der Waals surface area contributed by atoms with Crippen LogP contribution < -0.4 is 11.1 Å². The van der Waals surface area contributed by atoms with Crippen molar-refractivity contribution in [3.63, 3.8) is 0 Å². The minimum atomic E-state index is -1.08. The van der Waals surface area contributed by atoms with Crippen LogP contribution in [0.3, 0.4) is 0 Å². The summed E-state index contributed by atoms with van der Waals surface area (Å²) in [6.07, 6.45) is 0.703. The number of carbonyl (C=O) groups excluding carboxylic acids is 3. The number of rotatable bonds is 1. The van der Waals surface area contributed by atoms with Gasteiger partial charge in [0.1, 0.15) is 18.1 Å². The normalized spacial score (nSPS) is 41.3. The van der Waals surface area contributed by atoms with Crippen LogP contribution in [0.5, 0.6) is 0 Å². The van der Waals surface area contributed by atoms with Gasteiger partial charge in [0, 0.05) is 17.9 Å². The first-order valence-electron chi connectivity index (χ1n) is 7.26. The van der Waals surface area contributed by atoms with Crippen molar-refractivity contribution in [1.82, 2.24) is 10.2 Å². The van der Waals surface area contributed by atoms with Gasteiger partial charge in [0.2, 0.25) is 17.7 Å². The lowest BCUT2D eigenvalue weighted by Crippen LogP contribution is -2.81. The van der Waals surface area contributed by atoms with Gasteiger partial charge in [0.25, 0.3) is 0 Å². The van der Waals surface area contributed by atoms with Crippen LogP contribution in [-0.2, 0) is 19.1 Å². The van der Waals surface area contributed by atoms with Crippen LogP contribution in [0.1, 0.15) is 27.2 Å². The molecular formula is C14H21N3O4. The molecule has 21 heavy (non-hydrogen) atoms. The number of nitrogens with two attached hydrogens (primary N) is 1. The SMILES string of the molecule is CC1C(=O)NC(=O)CN1C(=O)C1(N)C2CCOC2C1(C)C. The number of nitrogens with zero attached hydrogens (tertiary/aromatic N) is 1. The fraction of sp³-hybridized carbons (Fsp3) is 0.786. The average Bonchev–Trinajstić information content (AvgIpc) is 2.89. The molecule has 0 spiro atoms. The number of ether oxygens (including phenoxy) is 1. The van der Waals surface area contributed by atoms with E-state index < -0.39 is 28.8 Å². The fourth-order valence-corrected chi connectivity index (χ4v) is 4.02. The van der Waals surface area contributed by atoms with Gasteiger partial charge in [-0.3, -0.25) is 19.7 Å². The summed E-state index contributed by atoms with van der Waals surface area (Å²) in [6, 6.07) is -0.687. The Bertz CT molecular complexity index is 532. The van der Waals surface area contributed by atoms with Crippen molar-refractivity contribution in [3.05, 3.63) is 0 Å². The molecule has 0 aromatic rings. The lowest BCUT2D eigenvalue weighted by atomic mass is 9.47. The van der Waals surface area contributed by atoms with Crippen molar-refractivity contribution in [2.24, 2.45) is 17.1 Å². The molecule has 0 aromatic carbocycles. The highest BCUT2D eigenvalue weighted by molar-refractivity contribution is 6.05. The summed E-state index contributed by atoms with van der Waals surface area (Å²) in [5.74, 6) is -1.30.